The van der Waals surface area contributed by atoms with Gasteiger partial charge in [0.2, 0.25) is 5.91 Å². The fourth-order valence-corrected chi connectivity index (χ4v) is 3.57. The van der Waals surface area contributed by atoms with Gasteiger partial charge in [-0.25, -0.2) is 4.98 Å². The van der Waals surface area contributed by atoms with Crippen LogP contribution in [-0.2, 0) is 11.3 Å². The second-order valence-corrected chi connectivity index (χ2v) is 6.55. The molecule has 0 saturated carbocycles. The minimum Gasteiger partial charge on any atom is -0.282 e. The standard InChI is InChI=1S/C17H16ClN3OS/c1-2-6-15(22)21(11-12-7-3-4-10-19-12)17-20-16-13(18)8-5-9-14(16)23-17/h3-5,7-10H,2,6,11H2,1H3. The summed E-state index contributed by atoms with van der Waals surface area (Å²) in [6.45, 7) is 2.41. The van der Waals surface area contributed by atoms with Gasteiger partial charge in [0.05, 0.1) is 22.0 Å². The van der Waals surface area contributed by atoms with Crippen molar-refractivity contribution in [1.82, 2.24) is 9.97 Å². The largest absolute Gasteiger partial charge is 0.282 e. The number of aromatic nitrogens is 2. The minimum atomic E-state index is 0.0494. The fourth-order valence-electron chi connectivity index (χ4n) is 2.28. The monoisotopic (exact) mass is 345 g/mol. The first-order valence-corrected chi connectivity index (χ1v) is 8.64. The molecule has 0 spiro atoms. The number of anilines is 1. The normalized spacial score (nSPS) is 10.9. The number of benzene rings is 1. The van der Waals surface area contributed by atoms with E-state index in [4.69, 9.17) is 11.6 Å². The number of amides is 1. The predicted octanol–water partition coefficient (Wildman–Crippen LogP) is 4.68. The molecular formula is C17H16ClN3OS. The zero-order valence-electron chi connectivity index (χ0n) is 12.7. The van der Waals surface area contributed by atoms with Crippen molar-refractivity contribution in [2.24, 2.45) is 0 Å². The van der Waals surface area contributed by atoms with Crippen molar-refractivity contribution < 1.29 is 4.79 Å². The summed E-state index contributed by atoms with van der Waals surface area (Å²) in [6, 6.07) is 11.4. The van der Waals surface area contributed by atoms with Crippen LogP contribution in [0.2, 0.25) is 5.02 Å². The molecule has 0 aliphatic rings. The Morgan fingerprint density at radius 3 is 2.83 bits per heavy atom. The highest BCUT2D eigenvalue weighted by Gasteiger charge is 2.20. The molecule has 4 nitrogen and oxygen atoms in total. The average Bonchev–Trinajstić information content (AvgIpc) is 2.99. The molecule has 0 fully saturated rings. The number of pyridine rings is 1. The van der Waals surface area contributed by atoms with Crippen LogP contribution in [0.3, 0.4) is 0 Å². The van der Waals surface area contributed by atoms with Crippen molar-refractivity contribution in [3.8, 4) is 0 Å². The molecule has 0 atom stereocenters. The van der Waals surface area contributed by atoms with Crippen LogP contribution < -0.4 is 4.90 Å². The summed E-state index contributed by atoms with van der Waals surface area (Å²) < 4.78 is 0.975. The summed E-state index contributed by atoms with van der Waals surface area (Å²) in [5.74, 6) is 0.0494. The molecule has 1 aromatic carbocycles. The van der Waals surface area contributed by atoms with Gasteiger partial charge in [-0.2, -0.15) is 0 Å². The van der Waals surface area contributed by atoms with Gasteiger partial charge in [-0.05, 0) is 30.7 Å². The molecular weight excluding hydrogens is 330 g/mol. The molecule has 0 saturated heterocycles. The van der Waals surface area contributed by atoms with Crippen LogP contribution in [0.5, 0.6) is 0 Å². The number of carbonyl (C=O) groups excluding carboxylic acids is 1. The predicted molar refractivity (Wildman–Crippen MR) is 95.0 cm³/mol. The first kappa shape index (κ1) is 15.9. The highest BCUT2D eigenvalue weighted by atomic mass is 35.5. The highest BCUT2D eigenvalue weighted by molar-refractivity contribution is 7.22. The maximum absolute atomic E-state index is 12.5. The lowest BCUT2D eigenvalue weighted by molar-refractivity contribution is -0.118. The fraction of sp³-hybridized carbons (Fsp3) is 0.235. The number of para-hydroxylation sites is 1. The van der Waals surface area contributed by atoms with E-state index in [1.54, 1.807) is 11.1 Å². The Morgan fingerprint density at radius 2 is 2.13 bits per heavy atom. The Labute approximate surface area is 143 Å². The first-order chi connectivity index (χ1) is 11.2. The molecule has 0 aliphatic heterocycles. The smallest absolute Gasteiger partial charge is 0.229 e. The van der Waals surface area contributed by atoms with Crippen molar-refractivity contribution in [2.45, 2.75) is 26.3 Å². The number of rotatable bonds is 5. The summed E-state index contributed by atoms with van der Waals surface area (Å²) in [4.78, 5) is 23.1. The maximum atomic E-state index is 12.5. The Bertz CT molecular complexity index is 819. The molecule has 0 unspecified atom stereocenters. The van der Waals surface area contributed by atoms with Crippen LogP contribution in [0.1, 0.15) is 25.5 Å². The SMILES string of the molecule is CCCC(=O)N(Cc1ccccn1)c1nc2c(Cl)cccc2s1. The molecule has 3 aromatic rings. The molecule has 1 amide bonds. The lowest BCUT2D eigenvalue weighted by Gasteiger charge is -2.19. The van der Waals surface area contributed by atoms with E-state index in [1.165, 1.54) is 11.3 Å². The summed E-state index contributed by atoms with van der Waals surface area (Å²) >= 11 is 7.68. The van der Waals surface area contributed by atoms with Gasteiger partial charge in [-0.1, -0.05) is 42.0 Å². The highest BCUT2D eigenvalue weighted by Crippen LogP contribution is 2.33. The summed E-state index contributed by atoms with van der Waals surface area (Å²) in [5.41, 5.74) is 1.58. The lowest BCUT2D eigenvalue weighted by atomic mass is 10.3. The van der Waals surface area contributed by atoms with E-state index in [1.807, 2.05) is 43.3 Å². The molecule has 6 heteroatoms. The van der Waals surface area contributed by atoms with Crippen molar-refractivity contribution >= 4 is 44.2 Å². The van der Waals surface area contributed by atoms with Crippen LogP contribution >= 0.6 is 22.9 Å². The Kier molecular flexibility index (Phi) is 4.88. The third-order valence-corrected chi connectivity index (χ3v) is 4.75. The first-order valence-electron chi connectivity index (χ1n) is 7.44. The quantitative estimate of drug-likeness (QED) is 0.674. The number of hydrogen-bond donors (Lipinski definition) is 0. The van der Waals surface area contributed by atoms with E-state index in [2.05, 4.69) is 9.97 Å². The van der Waals surface area contributed by atoms with Gasteiger partial charge in [0.15, 0.2) is 5.13 Å². The number of nitrogens with zero attached hydrogens (tertiary/aromatic N) is 3. The second kappa shape index (κ2) is 7.06. The second-order valence-electron chi connectivity index (χ2n) is 5.13. The van der Waals surface area contributed by atoms with Crippen LogP contribution in [-0.4, -0.2) is 15.9 Å². The van der Waals surface area contributed by atoms with Crippen LogP contribution in [0.15, 0.2) is 42.6 Å². The van der Waals surface area contributed by atoms with Crippen LogP contribution in [0, 0.1) is 0 Å². The zero-order chi connectivity index (χ0) is 16.2. The van der Waals surface area contributed by atoms with Gasteiger partial charge in [-0.15, -0.1) is 0 Å². The van der Waals surface area contributed by atoms with Crippen molar-refractivity contribution in [3.63, 3.8) is 0 Å². The third kappa shape index (κ3) is 3.51. The molecule has 23 heavy (non-hydrogen) atoms. The number of thiazole rings is 1. The zero-order valence-corrected chi connectivity index (χ0v) is 14.3. The van der Waals surface area contributed by atoms with E-state index >= 15 is 0 Å². The average molecular weight is 346 g/mol. The van der Waals surface area contributed by atoms with E-state index in [0.717, 1.165) is 22.3 Å². The van der Waals surface area contributed by atoms with E-state index < -0.39 is 0 Å². The Hall–Kier alpha value is -1.98. The number of halogens is 1. The third-order valence-electron chi connectivity index (χ3n) is 3.40. The van der Waals surface area contributed by atoms with Crippen molar-refractivity contribution in [1.29, 1.82) is 0 Å². The van der Waals surface area contributed by atoms with Gasteiger partial charge >= 0.3 is 0 Å². The lowest BCUT2D eigenvalue weighted by Crippen LogP contribution is -2.30. The van der Waals surface area contributed by atoms with E-state index in [0.29, 0.717) is 23.1 Å². The number of carbonyl (C=O) groups is 1. The van der Waals surface area contributed by atoms with Gasteiger partial charge < -0.3 is 0 Å². The summed E-state index contributed by atoms with van der Waals surface area (Å²) in [7, 11) is 0. The molecule has 0 N–H and O–H groups in total. The molecule has 0 aliphatic carbocycles. The van der Waals surface area contributed by atoms with E-state index in [9.17, 15) is 4.79 Å². The minimum absolute atomic E-state index is 0.0494. The van der Waals surface area contributed by atoms with Crippen molar-refractivity contribution in [2.75, 3.05) is 4.90 Å². The van der Waals surface area contributed by atoms with Crippen LogP contribution in [0.25, 0.3) is 10.2 Å². The van der Waals surface area contributed by atoms with Gasteiger partial charge in [0, 0.05) is 12.6 Å². The topological polar surface area (TPSA) is 46.1 Å². The Morgan fingerprint density at radius 1 is 1.26 bits per heavy atom. The van der Waals surface area contributed by atoms with Gasteiger partial charge in [0.25, 0.3) is 0 Å². The molecule has 0 radical (unpaired) electrons. The molecule has 118 valence electrons. The number of fused-ring (bicyclic) bond motifs is 1. The molecule has 2 aromatic heterocycles. The molecule has 3 rings (SSSR count). The Balaban J connectivity index is 1.99. The summed E-state index contributed by atoms with van der Waals surface area (Å²) in [6.07, 6.45) is 3.01. The summed E-state index contributed by atoms with van der Waals surface area (Å²) in [5, 5.41) is 1.27. The molecule has 0 bridgehead atoms. The molecule has 2 heterocycles. The van der Waals surface area contributed by atoms with Crippen molar-refractivity contribution in [3.05, 3.63) is 53.3 Å². The number of hydrogen-bond acceptors (Lipinski definition) is 4. The maximum Gasteiger partial charge on any atom is 0.229 e. The van der Waals surface area contributed by atoms with Crippen LogP contribution in [0.4, 0.5) is 5.13 Å². The van der Waals surface area contributed by atoms with Gasteiger partial charge in [-0.3, -0.25) is 14.7 Å². The van der Waals surface area contributed by atoms with E-state index in [-0.39, 0.29) is 5.91 Å². The van der Waals surface area contributed by atoms with Gasteiger partial charge in [0.1, 0.15) is 5.52 Å².